The Balaban J connectivity index is 1.53. The van der Waals surface area contributed by atoms with Gasteiger partial charge >= 0.3 is 6.18 Å². The van der Waals surface area contributed by atoms with Gasteiger partial charge in [-0.1, -0.05) is 30.3 Å². The van der Waals surface area contributed by atoms with Gasteiger partial charge in [0.2, 0.25) is 15.9 Å². The van der Waals surface area contributed by atoms with Crippen LogP contribution in [0.3, 0.4) is 0 Å². The van der Waals surface area contributed by atoms with Crippen LogP contribution in [-0.4, -0.2) is 56.8 Å². The van der Waals surface area contributed by atoms with Crippen LogP contribution in [0.1, 0.15) is 16.7 Å². The van der Waals surface area contributed by atoms with Crippen molar-refractivity contribution in [1.82, 2.24) is 14.5 Å². The van der Waals surface area contributed by atoms with Crippen molar-refractivity contribution in [3.05, 3.63) is 65.2 Å². The monoisotopic (exact) mass is 455 g/mol. The minimum Gasteiger partial charge on any atom is -0.339 e. The fraction of sp³-hybridized carbons (Fsp3) is 0.381. The summed E-state index contributed by atoms with van der Waals surface area (Å²) in [5, 5.41) is 0. The van der Waals surface area contributed by atoms with E-state index in [0.717, 1.165) is 24.7 Å². The summed E-state index contributed by atoms with van der Waals surface area (Å²) in [5.74, 6) is -0.411. The maximum absolute atomic E-state index is 12.8. The van der Waals surface area contributed by atoms with Crippen LogP contribution in [0.25, 0.3) is 0 Å². The van der Waals surface area contributed by atoms with Gasteiger partial charge in [0, 0.05) is 32.7 Å². The Morgan fingerprint density at radius 3 is 2.35 bits per heavy atom. The van der Waals surface area contributed by atoms with Crippen molar-refractivity contribution >= 4 is 15.9 Å². The van der Waals surface area contributed by atoms with Crippen molar-refractivity contribution in [3.63, 3.8) is 0 Å². The first-order chi connectivity index (χ1) is 14.6. The van der Waals surface area contributed by atoms with Gasteiger partial charge in [-0.05, 0) is 36.2 Å². The maximum atomic E-state index is 12.8. The Kier molecular flexibility index (Phi) is 7.03. The molecule has 6 nitrogen and oxygen atoms in total. The van der Waals surface area contributed by atoms with Crippen molar-refractivity contribution in [3.8, 4) is 0 Å². The molecule has 1 heterocycles. The largest absolute Gasteiger partial charge is 0.416 e. The Labute approximate surface area is 179 Å². The molecule has 0 aromatic heterocycles. The molecule has 10 heteroatoms. The number of sulfonamides is 1. The minimum atomic E-state index is -4.65. The average Bonchev–Trinajstić information content (AvgIpc) is 2.74. The SMILES string of the molecule is Cc1ccccc1CN1CCN(C(=O)CNS(=O)(=O)c2cccc(C(F)(F)F)c2)CC1. The number of hydrogen-bond acceptors (Lipinski definition) is 4. The highest BCUT2D eigenvalue weighted by atomic mass is 32.2. The maximum Gasteiger partial charge on any atom is 0.416 e. The van der Waals surface area contributed by atoms with Crippen LogP contribution in [0, 0.1) is 6.92 Å². The lowest BCUT2D eigenvalue weighted by atomic mass is 10.1. The van der Waals surface area contributed by atoms with E-state index in [1.807, 2.05) is 25.1 Å². The lowest BCUT2D eigenvalue weighted by molar-refractivity contribution is -0.137. The van der Waals surface area contributed by atoms with E-state index in [1.165, 1.54) is 11.1 Å². The van der Waals surface area contributed by atoms with Gasteiger partial charge in [0.05, 0.1) is 17.0 Å². The van der Waals surface area contributed by atoms with E-state index >= 15 is 0 Å². The van der Waals surface area contributed by atoms with Crippen molar-refractivity contribution in [2.45, 2.75) is 24.5 Å². The first kappa shape index (κ1) is 23.2. The van der Waals surface area contributed by atoms with E-state index in [4.69, 9.17) is 0 Å². The molecule has 1 fully saturated rings. The summed E-state index contributed by atoms with van der Waals surface area (Å²) in [6.45, 7) is 4.53. The number of alkyl halides is 3. The molecule has 31 heavy (non-hydrogen) atoms. The molecule has 1 amide bonds. The van der Waals surface area contributed by atoms with E-state index in [9.17, 15) is 26.4 Å². The fourth-order valence-electron chi connectivity index (χ4n) is 3.38. The molecule has 0 aliphatic carbocycles. The van der Waals surface area contributed by atoms with Gasteiger partial charge in [-0.15, -0.1) is 0 Å². The highest BCUT2D eigenvalue weighted by Gasteiger charge is 2.32. The highest BCUT2D eigenvalue weighted by molar-refractivity contribution is 7.89. The highest BCUT2D eigenvalue weighted by Crippen LogP contribution is 2.30. The first-order valence-corrected chi connectivity index (χ1v) is 11.3. The zero-order valence-corrected chi connectivity index (χ0v) is 17.8. The molecule has 0 bridgehead atoms. The van der Waals surface area contributed by atoms with Crippen molar-refractivity contribution < 1.29 is 26.4 Å². The van der Waals surface area contributed by atoms with Gasteiger partial charge < -0.3 is 4.90 Å². The van der Waals surface area contributed by atoms with E-state index < -0.39 is 39.1 Å². The van der Waals surface area contributed by atoms with Crippen LogP contribution in [-0.2, 0) is 27.5 Å². The van der Waals surface area contributed by atoms with E-state index in [-0.39, 0.29) is 0 Å². The van der Waals surface area contributed by atoms with E-state index in [1.54, 1.807) is 4.90 Å². The molecule has 1 saturated heterocycles. The van der Waals surface area contributed by atoms with Crippen LogP contribution in [0.2, 0.25) is 0 Å². The number of rotatable bonds is 6. The van der Waals surface area contributed by atoms with Gasteiger partial charge in [0.1, 0.15) is 0 Å². The van der Waals surface area contributed by atoms with Gasteiger partial charge in [0.15, 0.2) is 0 Å². The van der Waals surface area contributed by atoms with Crippen molar-refractivity contribution in [2.24, 2.45) is 0 Å². The number of nitrogens with zero attached hydrogens (tertiary/aromatic N) is 2. The molecule has 1 N–H and O–H groups in total. The number of halogens is 3. The quantitative estimate of drug-likeness (QED) is 0.727. The molecule has 0 spiro atoms. The van der Waals surface area contributed by atoms with Crippen molar-refractivity contribution in [2.75, 3.05) is 32.7 Å². The minimum absolute atomic E-state index is 0.411. The molecule has 0 unspecified atom stereocenters. The molecule has 1 aliphatic heterocycles. The van der Waals surface area contributed by atoms with Crippen LogP contribution in [0.4, 0.5) is 13.2 Å². The summed E-state index contributed by atoms with van der Waals surface area (Å²) in [6, 6.07) is 11.5. The summed E-state index contributed by atoms with van der Waals surface area (Å²) in [4.78, 5) is 15.7. The van der Waals surface area contributed by atoms with Gasteiger partial charge in [-0.25, -0.2) is 13.1 Å². The summed E-state index contributed by atoms with van der Waals surface area (Å²) >= 11 is 0. The number of amides is 1. The van der Waals surface area contributed by atoms with Gasteiger partial charge in [-0.3, -0.25) is 9.69 Å². The third-order valence-electron chi connectivity index (χ3n) is 5.27. The van der Waals surface area contributed by atoms with Gasteiger partial charge in [-0.2, -0.15) is 13.2 Å². The number of aryl methyl sites for hydroxylation is 1. The van der Waals surface area contributed by atoms with E-state index in [2.05, 4.69) is 15.7 Å². The van der Waals surface area contributed by atoms with Gasteiger partial charge in [0.25, 0.3) is 0 Å². The number of piperazine rings is 1. The number of benzene rings is 2. The second-order valence-electron chi connectivity index (χ2n) is 7.43. The molecule has 3 rings (SSSR count). The number of carbonyl (C=O) groups is 1. The van der Waals surface area contributed by atoms with Crippen LogP contribution < -0.4 is 4.72 Å². The summed E-state index contributed by atoms with van der Waals surface area (Å²) in [6.07, 6.45) is -4.65. The van der Waals surface area contributed by atoms with Crippen LogP contribution in [0.15, 0.2) is 53.4 Å². The number of hydrogen-bond donors (Lipinski definition) is 1. The predicted molar refractivity (Wildman–Crippen MR) is 110 cm³/mol. The van der Waals surface area contributed by atoms with E-state index in [0.29, 0.717) is 32.2 Å². The second-order valence-corrected chi connectivity index (χ2v) is 9.20. The Bertz CT molecular complexity index is 1030. The lowest BCUT2D eigenvalue weighted by Gasteiger charge is -2.35. The predicted octanol–water partition coefficient (Wildman–Crippen LogP) is 2.64. The smallest absolute Gasteiger partial charge is 0.339 e. The Morgan fingerprint density at radius 1 is 1.03 bits per heavy atom. The molecule has 168 valence electrons. The topological polar surface area (TPSA) is 69.7 Å². The molecule has 2 aromatic carbocycles. The molecule has 0 radical (unpaired) electrons. The molecule has 0 saturated carbocycles. The lowest BCUT2D eigenvalue weighted by Crippen LogP contribution is -2.50. The third-order valence-corrected chi connectivity index (χ3v) is 6.66. The molecule has 2 aromatic rings. The molecule has 0 atom stereocenters. The Morgan fingerprint density at radius 2 is 1.71 bits per heavy atom. The number of nitrogens with one attached hydrogen (secondary N) is 1. The third kappa shape index (κ3) is 6.05. The van der Waals surface area contributed by atoms with Crippen LogP contribution in [0.5, 0.6) is 0 Å². The summed E-state index contributed by atoms with van der Waals surface area (Å²) < 4.78 is 65.2. The standard InChI is InChI=1S/C21H24F3N3O3S/c1-16-5-2-3-6-17(16)15-26-9-11-27(12-10-26)20(28)14-25-31(29,30)19-8-4-7-18(13-19)21(22,23)24/h2-8,13,25H,9-12,14-15H2,1H3. The Hall–Kier alpha value is -2.43. The molecular weight excluding hydrogens is 431 g/mol. The van der Waals surface area contributed by atoms with Crippen molar-refractivity contribution in [1.29, 1.82) is 0 Å². The second kappa shape index (κ2) is 9.37. The number of carbonyl (C=O) groups excluding carboxylic acids is 1. The summed E-state index contributed by atoms with van der Waals surface area (Å²) in [5.41, 5.74) is 1.35. The zero-order valence-electron chi connectivity index (χ0n) is 17.0. The normalized spacial score (nSPS) is 15.8. The zero-order chi connectivity index (χ0) is 22.6. The fourth-order valence-corrected chi connectivity index (χ4v) is 4.40. The molecular formula is C21H24F3N3O3S. The molecule has 1 aliphatic rings. The average molecular weight is 456 g/mol. The van der Waals surface area contributed by atoms with Crippen LogP contribution >= 0.6 is 0 Å². The summed E-state index contributed by atoms with van der Waals surface area (Å²) in [7, 11) is -4.24. The first-order valence-electron chi connectivity index (χ1n) is 9.78.